The molecule has 0 amide bonds. The summed E-state index contributed by atoms with van der Waals surface area (Å²) in [4.78, 5) is 3.86. The van der Waals surface area contributed by atoms with Gasteiger partial charge in [0.2, 0.25) is 0 Å². The lowest BCUT2D eigenvalue weighted by Crippen LogP contribution is -1.95. The molecule has 0 aromatic carbocycles. The van der Waals surface area contributed by atoms with Crippen LogP contribution in [0.2, 0.25) is 0 Å². The number of pyridine rings is 1. The second-order valence-corrected chi connectivity index (χ2v) is 2.21. The van der Waals surface area contributed by atoms with Crippen molar-refractivity contribution >= 4 is 0 Å². The number of hydrogen-bond acceptors (Lipinski definition) is 2. The van der Waals surface area contributed by atoms with Crippen molar-refractivity contribution in [1.82, 2.24) is 4.98 Å². The van der Waals surface area contributed by atoms with Crippen LogP contribution >= 0.6 is 0 Å². The number of aromatic nitrogens is 1. The average Bonchev–Trinajstić information content (AvgIpc) is 2.07. The van der Waals surface area contributed by atoms with E-state index < -0.39 is 6.10 Å². The molecule has 1 aromatic rings. The summed E-state index contributed by atoms with van der Waals surface area (Å²) in [5.41, 5.74) is 0.769. The Labute approximate surface area is 65.9 Å². The Morgan fingerprint density at radius 3 is 3.09 bits per heavy atom. The summed E-state index contributed by atoms with van der Waals surface area (Å²) in [6.45, 7) is 0. The summed E-state index contributed by atoms with van der Waals surface area (Å²) in [6.07, 6.45) is 8.07. The summed E-state index contributed by atoms with van der Waals surface area (Å²) in [5, 5.41) is 9.34. The highest BCUT2D eigenvalue weighted by Gasteiger charge is 2.03. The van der Waals surface area contributed by atoms with Crippen molar-refractivity contribution in [3.8, 4) is 12.3 Å². The lowest BCUT2D eigenvalue weighted by Gasteiger charge is -2.04. The van der Waals surface area contributed by atoms with Gasteiger partial charge < -0.3 is 5.11 Å². The molecule has 1 rings (SSSR count). The molecule has 56 valence electrons. The maximum atomic E-state index is 9.34. The van der Waals surface area contributed by atoms with Crippen molar-refractivity contribution < 1.29 is 5.11 Å². The fourth-order valence-electron chi connectivity index (χ4n) is 0.803. The van der Waals surface area contributed by atoms with Crippen molar-refractivity contribution in [2.24, 2.45) is 0 Å². The number of aliphatic hydroxyl groups excluding tert-OH is 1. The Hall–Kier alpha value is -1.33. The molecule has 0 aliphatic rings. The van der Waals surface area contributed by atoms with E-state index in [1.807, 2.05) is 0 Å². The summed E-state index contributed by atoms with van der Waals surface area (Å²) in [5.74, 6) is 2.39. The Kier molecular flexibility index (Phi) is 2.65. The summed E-state index contributed by atoms with van der Waals surface area (Å²) >= 11 is 0. The lowest BCUT2D eigenvalue weighted by atomic mass is 10.1. The van der Waals surface area contributed by atoms with Crippen molar-refractivity contribution in [3.05, 3.63) is 30.1 Å². The molecule has 0 unspecified atom stereocenters. The minimum Gasteiger partial charge on any atom is -0.387 e. The predicted octanol–water partition coefficient (Wildman–Crippen LogP) is 1.14. The third-order valence-corrected chi connectivity index (χ3v) is 1.38. The van der Waals surface area contributed by atoms with E-state index in [9.17, 15) is 5.11 Å². The minimum atomic E-state index is -0.575. The highest BCUT2D eigenvalue weighted by atomic mass is 16.3. The van der Waals surface area contributed by atoms with Crippen molar-refractivity contribution in [1.29, 1.82) is 0 Å². The van der Waals surface area contributed by atoms with E-state index in [-0.39, 0.29) is 0 Å². The van der Waals surface area contributed by atoms with E-state index in [1.54, 1.807) is 24.5 Å². The third kappa shape index (κ3) is 2.06. The fraction of sp³-hybridized carbons (Fsp3) is 0.222. The Morgan fingerprint density at radius 1 is 1.73 bits per heavy atom. The monoisotopic (exact) mass is 147 g/mol. The Bertz CT molecular complexity index is 250. The van der Waals surface area contributed by atoms with Gasteiger partial charge in [-0.15, -0.1) is 12.3 Å². The summed E-state index contributed by atoms with van der Waals surface area (Å²) in [6, 6.07) is 3.57. The third-order valence-electron chi connectivity index (χ3n) is 1.38. The Morgan fingerprint density at radius 2 is 2.55 bits per heavy atom. The molecule has 1 atom stereocenters. The zero-order chi connectivity index (χ0) is 8.10. The molecule has 2 nitrogen and oxygen atoms in total. The highest BCUT2D eigenvalue weighted by Crippen LogP contribution is 2.13. The molecule has 1 N–H and O–H groups in total. The van der Waals surface area contributed by atoms with E-state index in [2.05, 4.69) is 10.9 Å². The zero-order valence-corrected chi connectivity index (χ0v) is 6.07. The Balaban J connectivity index is 2.70. The molecule has 0 bridgehead atoms. The molecule has 1 heterocycles. The molecule has 0 saturated carbocycles. The smallest absolute Gasteiger partial charge is 0.0913 e. The van der Waals surface area contributed by atoms with Crippen LogP contribution in [0.5, 0.6) is 0 Å². The first kappa shape index (κ1) is 7.77. The van der Waals surface area contributed by atoms with Gasteiger partial charge in [0, 0.05) is 18.8 Å². The maximum Gasteiger partial charge on any atom is 0.0913 e. The minimum absolute atomic E-state index is 0.339. The normalized spacial score (nSPS) is 12.0. The first-order valence-electron chi connectivity index (χ1n) is 3.36. The van der Waals surface area contributed by atoms with Crippen LogP contribution < -0.4 is 0 Å². The molecule has 0 saturated heterocycles. The van der Waals surface area contributed by atoms with Crippen LogP contribution in [0.25, 0.3) is 0 Å². The van der Waals surface area contributed by atoms with Gasteiger partial charge in [0.1, 0.15) is 0 Å². The molecular formula is C9H9NO. The average molecular weight is 147 g/mol. The highest BCUT2D eigenvalue weighted by molar-refractivity contribution is 5.13. The molecule has 2 heteroatoms. The van der Waals surface area contributed by atoms with Crippen molar-refractivity contribution in [2.75, 3.05) is 0 Å². The predicted molar refractivity (Wildman–Crippen MR) is 42.6 cm³/mol. The van der Waals surface area contributed by atoms with Crippen LogP contribution in [-0.4, -0.2) is 10.1 Å². The lowest BCUT2D eigenvalue weighted by molar-refractivity contribution is 0.183. The first-order valence-corrected chi connectivity index (χ1v) is 3.36. The van der Waals surface area contributed by atoms with Gasteiger partial charge in [0.05, 0.1) is 6.10 Å². The number of hydrogen-bond donors (Lipinski definition) is 1. The number of aliphatic hydroxyl groups is 1. The summed E-state index contributed by atoms with van der Waals surface area (Å²) < 4.78 is 0. The number of terminal acetylenes is 1. The zero-order valence-electron chi connectivity index (χ0n) is 6.07. The molecule has 11 heavy (non-hydrogen) atoms. The van der Waals surface area contributed by atoms with Crippen LogP contribution in [0.15, 0.2) is 24.5 Å². The van der Waals surface area contributed by atoms with Gasteiger partial charge in [-0.25, -0.2) is 0 Å². The van der Waals surface area contributed by atoms with E-state index in [4.69, 9.17) is 6.42 Å². The van der Waals surface area contributed by atoms with E-state index in [0.717, 1.165) is 5.56 Å². The van der Waals surface area contributed by atoms with E-state index in [0.29, 0.717) is 6.42 Å². The van der Waals surface area contributed by atoms with Crippen LogP contribution in [0, 0.1) is 12.3 Å². The SMILES string of the molecule is C#CC[C@H](O)c1cccnc1. The molecule has 0 radical (unpaired) electrons. The van der Waals surface area contributed by atoms with E-state index in [1.165, 1.54) is 0 Å². The van der Waals surface area contributed by atoms with Crippen molar-refractivity contribution in [2.45, 2.75) is 12.5 Å². The quantitative estimate of drug-likeness (QED) is 0.636. The standard InChI is InChI=1S/C9H9NO/c1-2-4-9(11)8-5-3-6-10-7-8/h1,3,5-7,9,11H,4H2/t9-/m0/s1. The van der Waals surface area contributed by atoms with Gasteiger partial charge in [-0.05, 0) is 11.6 Å². The van der Waals surface area contributed by atoms with Gasteiger partial charge in [-0.2, -0.15) is 0 Å². The molecule has 0 aliphatic carbocycles. The first-order chi connectivity index (χ1) is 5.34. The molecule has 0 aliphatic heterocycles. The maximum absolute atomic E-state index is 9.34. The number of nitrogens with zero attached hydrogens (tertiary/aromatic N) is 1. The molecule has 0 spiro atoms. The van der Waals surface area contributed by atoms with Crippen LogP contribution in [0.3, 0.4) is 0 Å². The van der Waals surface area contributed by atoms with Gasteiger partial charge in [-0.3, -0.25) is 4.98 Å². The van der Waals surface area contributed by atoms with Crippen LogP contribution in [0.4, 0.5) is 0 Å². The second kappa shape index (κ2) is 3.75. The topological polar surface area (TPSA) is 33.1 Å². The largest absolute Gasteiger partial charge is 0.387 e. The van der Waals surface area contributed by atoms with Crippen LogP contribution in [0.1, 0.15) is 18.1 Å². The number of rotatable bonds is 2. The molecular weight excluding hydrogens is 138 g/mol. The van der Waals surface area contributed by atoms with Gasteiger partial charge in [0.15, 0.2) is 0 Å². The molecule has 0 fully saturated rings. The van der Waals surface area contributed by atoms with Crippen LogP contribution in [-0.2, 0) is 0 Å². The van der Waals surface area contributed by atoms with Gasteiger partial charge in [0.25, 0.3) is 0 Å². The van der Waals surface area contributed by atoms with Crippen molar-refractivity contribution in [3.63, 3.8) is 0 Å². The summed E-state index contributed by atoms with van der Waals surface area (Å²) in [7, 11) is 0. The second-order valence-electron chi connectivity index (χ2n) is 2.21. The van der Waals surface area contributed by atoms with E-state index >= 15 is 0 Å². The fourth-order valence-corrected chi connectivity index (χ4v) is 0.803. The van der Waals surface area contributed by atoms with Gasteiger partial charge >= 0.3 is 0 Å². The van der Waals surface area contributed by atoms with Gasteiger partial charge in [-0.1, -0.05) is 6.07 Å². The molecule has 1 aromatic heterocycles.